The lowest BCUT2D eigenvalue weighted by Gasteiger charge is -2.26. The predicted molar refractivity (Wildman–Crippen MR) is 127 cm³/mol. The maximum Gasteiger partial charge on any atom is 0.341 e. The van der Waals surface area contributed by atoms with E-state index in [0.29, 0.717) is 15.6 Å². The van der Waals surface area contributed by atoms with Gasteiger partial charge in [0.15, 0.2) is 0 Å². The predicted octanol–water partition coefficient (Wildman–Crippen LogP) is 6.73. The average Bonchev–Trinajstić information content (AvgIpc) is 3.09. The minimum absolute atomic E-state index is 0.337. The summed E-state index contributed by atoms with van der Waals surface area (Å²) in [5.41, 5.74) is 4.41. The van der Waals surface area contributed by atoms with Crippen molar-refractivity contribution >= 4 is 40.1 Å². The van der Waals surface area contributed by atoms with E-state index in [1.54, 1.807) is 12.1 Å². The number of likely N-dealkylation sites (tertiary alicyclic amines) is 1. The van der Waals surface area contributed by atoms with Crippen LogP contribution in [0.4, 0.5) is 0 Å². The maximum absolute atomic E-state index is 13.1. The van der Waals surface area contributed by atoms with Crippen LogP contribution in [0.25, 0.3) is 10.9 Å². The fourth-order valence-electron chi connectivity index (χ4n) is 4.32. The topological polar surface area (TPSA) is 45.3 Å². The lowest BCUT2D eigenvalue weighted by atomic mass is 10.0. The Morgan fingerprint density at radius 2 is 1.87 bits per heavy atom. The summed E-state index contributed by atoms with van der Waals surface area (Å²) in [6.45, 7) is 7.19. The molecule has 1 aliphatic heterocycles. The molecular formula is C25H28Cl2N2O2. The Labute approximate surface area is 193 Å². The first-order chi connectivity index (χ1) is 14.9. The highest BCUT2D eigenvalue weighted by atomic mass is 35.5. The Kier molecular flexibility index (Phi) is 6.90. The molecule has 1 saturated heterocycles. The summed E-state index contributed by atoms with van der Waals surface area (Å²) in [7, 11) is 0. The smallest absolute Gasteiger partial charge is 0.341 e. The van der Waals surface area contributed by atoms with E-state index in [4.69, 9.17) is 27.9 Å². The molecule has 31 heavy (non-hydrogen) atoms. The number of piperidine rings is 1. The van der Waals surface area contributed by atoms with Gasteiger partial charge in [0.25, 0.3) is 0 Å². The number of fused-ring (bicyclic) bond motifs is 1. The second kappa shape index (κ2) is 9.64. The van der Waals surface area contributed by atoms with Gasteiger partial charge in [-0.05, 0) is 81.6 Å². The van der Waals surface area contributed by atoms with Gasteiger partial charge in [-0.2, -0.15) is 0 Å². The van der Waals surface area contributed by atoms with E-state index in [1.165, 1.54) is 37.9 Å². The Morgan fingerprint density at radius 3 is 2.61 bits per heavy atom. The number of hydrogen-bond donors (Lipinski definition) is 1. The molecule has 1 aromatic heterocycles. The lowest BCUT2D eigenvalue weighted by molar-refractivity contribution is 0.0339. The number of hydrogen-bond acceptors (Lipinski definition) is 3. The Hall–Kier alpha value is -2.01. The lowest BCUT2D eigenvalue weighted by Crippen LogP contribution is -2.31. The van der Waals surface area contributed by atoms with Crippen LogP contribution in [0.15, 0.2) is 36.4 Å². The molecule has 3 aromatic rings. The van der Waals surface area contributed by atoms with Gasteiger partial charge < -0.3 is 14.6 Å². The van der Waals surface area contributed by atoms with E-state index >= 15 is 0 Å². The van der Waals surface area contributed by atoms with Crippen LogP contribution >= 0.6 is 23.2 Å². The summed E-state index contributed by atoms with van der Waals surface area (Å²) in [5.74, 6) is -0.337. The van der Waals surface area contributed by atoms with Crippen molar-refractivity contribution in [2.24, 2.45) is 0 Å². The summed E-state index contributed by atoms with van der Waals surface area (Å²) in [6, 6.07) is 11.6. The fourth-order valence-corrected chi connectivity index (χ4v) is 4.62. The molecule has 0 spiro atoms. The normalized spacial score (nSPS) is 15.9. The molecule has 0 bridgehead atoms. The molecule has 4 rings (SSSR count). The molecule has 1 unspecified atom stereocenters. The molecule has 6 heteroatoms. The summed E-state index contributed by atoms with van der Waals surface area (Å²) >= 11 is 12.1. The van der Waals surface area contributed by atoms with Crippen molar-refractivity contribution in [2.45, 2.75) is 45.6 Å². The number of benzene rings is 2. The van der Waals surface area contributed by atoms with Gasteiger partial charge in [0, 0.05) is 23.1 Å². The van der Waals surface area contributed by atoms with Crippen LogP contribution in [-0.2, 0) is 11.2 Å². The van der Waals surface area contributed by atoms with E-state index < -0.39 is 6.10 Å². The molecule has 164 valence electrons. The fraction of sp³-hybridized carbons (Fsp3) is 0.400. The van der Waals surface area contributed by atoms with Crippen molar-refractivity contribution in [3.8, 4) is 0 Å². The summed E-state index contributed by atoms with van der Waals surface area (Å²) < 4.78 is 5.79. The van der Waals surface area contributed by atoms with Crippen LogP contribution in [0.3, 0.4) is 0 Å². The van der Waals surface area contributed by atoms with Crippen LogP contribution in [0.2, 0.25) is 10.0 Å². The van der Waals surface area contributed by atoms with E-state index in [-0.39, 0.29) is 5.97 Å². The molecule has 0 radical (unpaired) electrons. The highest BCUT2D eigenvalue weighted by Crippen LogP contribution is 2.30. The average molecular weight is 459 g/mol. The molecule has 1 N–H and O–H groups in total. The third-order valence-corrected chi connectivity index (χ3v) is 6.86. The molecule has 2 aromatic carbocycles. The second-order valence-electron chi connectivity index (χ2n) is 8.38. The quantitative estimate of drug-likeness (QED) is 0.416. The minimum atomic E-state index is -0.436. The number of rotatable bonds is 6. The first-order valence-corrected chi connectivity index (χ1v) is 11.7. The largest absolute Gasteiger partial charge is 0.454 e. The van der Waals surface area contributed by atoms with Crippen molar-refractivity contribution in [3.05, 3.63) is 68.8 Å². The highest BCUT2D eigenvalue weighted by molar-refractivity contribution is 6.42. The maximum atomic E-state index is 13.1. The van der Waals surface area contributed by atoms with E-state index in [9.17, 15) is 4.79 Å². The van der Waals surface area contributed by atoms with Crippen LogP contribution in [0, 0.1) is 6.92 Å². The summed E-state index contributed by atoms with van der Waals surface area (Å²) in [4.78, 5) is 18.9. The van der Waals surface area contributed by atoms with Crippen molar-refractivity contribution in [1.29, 1.82) is 0 Å². The number of ether oxygens (including phenoxy) is 1. The number of aromatic amines is 1. The van der Waals surface area contributed by atoms with Gasteiger partial charge in [-0.15, -0.1) is 0 Å². The van der Waals surface area contributed by atoms with Gasteiger partial charge in [0.1, 0.15) is 6.10 Å². The van der Waals surface area contributed by atoms with Gasteiger partial charge in [0.2, 0.25) is 0 Å². The molecule has 4 nitrogen and oxygen atoms in total. The number of H-pyrrole nitrogens is 1. The molecule has 0 aliphatic carbocycles. The number of aromatic nitrogens is 1. The zero-order chi connectivity index (χ0) is 22.0. The van der Waals surface area contributed by atoms with Crippen molar-refractivity contribution in [1.82, 2.24) is 9.88 Å². The van der Waals surface area contributed by atoms with Gasteiger partial charge in [-0.25, -0.2) is 4.79 Å². The third-order valence-electron chi connectivity index (χ3n) is 6.12. The molecule has 1 atom stereocenters. The Balaban J connectivity index is 1.52. The number of carbonyl (C=O) groups is 1. The summed E-state index contributed by atoms with van der Waals surface area (Å²) in [6.07, 6.45) is 4.48. The first kappa shape index (κ1) is 22.2. The Morgan fingerprint density at radius 1 is 1.10 bits per heavy atom. The van der Waals surface area contributed by atoms with Crippen LogP contribution in [0.1, 0.15) is 59.5 Å². The zero-order valence-electron chi connectivity index (χ0n) is 18.0. The van der Waals surface area contributed by atoms with Gasteiger partial charge >= 0.3 is 5.97 Å². The molecule has 0 amide bonds. The standard InChI is InChI=1S/C25H28Cl2N2O2/c1-16-24(25(30)31-17(2)19-7-8-21(26)22(27)15-19)20-14-18(6-9-23(20)28-16)10-13-29-11-4-3-5-12-29/h6-9,14-15,17,28H,3-5,10-13H2,1-2H3. The minimum Gasteiger partial charge on any atom is -0.454 e. The van der Waals surface area contributed by atoms with Crippen LogP contribution in [0.5, 0.6) is 0 Å². The van der Waals surface area contributed by atoms with E-state index in [0.717, 1.165) is 35.1 Å². The number of aryl methyl sites for hydroxylation is 1. The molecular weight excluding hydrogens is 431 g/mol. The van der Waals surface area contributed by atoms with Gasteiger partial charge in [-0.3, -0.25) is 0 Å². The number of halogens is 2. The molecule has 2 heterocycles. The van der Waals surface area contributed by atoms with Crippen molar-refractivity contribution in [3.63, 3.8) is 0 Å². The summed E-state index contributed by atoms with van der Waals surface area (Å²) in [5, 5.41) is 1.84. The number of esters is 1. The third kappa shape index (κ3) is 5.08. The van der Waals surface area contributed by atoms with E-state index in [1.807, 2.05) is 19.9 Å². The second-order valence-corrected chi connectivity index (χ2v) is 9.19. The molecule has 1 aliphatic rings. The monoisotopic (exact) mass is 458 g/mol. The number of nitrogens with one attached hydrogen (secondary N) is 1. The van der Waals surface area contributed by atoms with Gasteiger partial charge in [-0.1, -0.05) is 41.8 Å². The van der Waals surface area contributed by atoms with Crippen LogP contribution < -0.4 is 0 Å². The number of nitrogens with zero attached hydrogens (tertiary/aromatic N) is 1. The van der Waals surface area contributed by atoms with Crippen molar-refractivity contribution < 1.29 is 9.53 Å². The van der Waals surface area contributed by atoms with E-state index in [2.05, 4.69) is 28.1 Å². The highest BCUT2D eigenvalue weighted by Gasteiger charge is 2.21. The Bertz CT molecular complexity index is 1090. The van der Waals surface area contributed by atoms with Crippen molar-refractivity contribution in [2.75, 3.05) is 19.6 Å². The van der Waals surface area contributed by atoms with Crippen LogP contribution in [-0.4, -0.2) is 35.5 Å². The molecule has 1 fully saturated rings. The SMILES string of the molecule is Cc1[nH]c2ccc(CCN3CCCCC3)cc2c1C(=O)OC(C)c1ccc(Cl)c(Cl)c1. The first-order valence-electron chi connectivity index (χ1n) is 10.9. The zero-order valence-corrected chi connectivity index (χ0v) is 19.5. The molecule has 0 saturated carbocycles. The number of carbonyl (C=O) groups excluding carboxylic acids is 1. The van der Waals surface area contributed by atoms with Gasteiger partial charge in [0.05, 0.1) is 15.6 Å².